The third kappa shape index (κ3) is 12.4. The van der Waals surface area contributed by atoms with Gasteiger partial charge in [-0.05, 0) is 104 Å². The standard InChI is InChI=1S/C27H46O.C18H36O2/c1-18(2)7-6-8-19(3)23-11-12-24-22-10-9-20-17-21(28)13-15-26(20,4)25(22)14-16-27(23,24)5;1-2-3-4-5-6-7-8-9-10-11-12-13-14-15-16-17-18(19)20/h9,18-19,21-25,28H,6-8,10-17H2,1-5H3;2-17H2,1H3,(H,19,20)/t19-,21?,22+,23-,24+,25+,26+,27-;/m1./s1. The summed E-state index contributed by atoms with van der Waals surface area (Å²) in [5, 5.41) is 18.7. The first-order chi connectivity index (χ1) is 23.0. The molecule has 1 unspecified atom stereocenters. The normalized spacial score (nSPS) is 31.7. The Labute approximate surface area is 299 Å². The molecule has 0 spiro atoms. The maximum atomic E-state index is 10.3. The van der Waals surface area contributed by atoms with Crippen LogP contribution in [0.3, 0.4) is 0 Å². The van der Waals surface area contributed by atoms with E-state index in [1.165, 1.54) is 141 Å². The Balaban J connectivity index is 0.000000279. The van der Waals surface area contributed by atoms with Gasteiger partial charge in [-0.15, -0.1) is 0 Å². The van der Waals surface area contributed by atoms with Crippen molar-refractivity contribution in [3.05, 3.63) is 11.6 Å². The van der Waals surface area contributed by atoms with Crippen LogP contribution in [0.25, 0.3) is 0 Å². The van der Waals surface area contributed by atoms with Crippen LogP contribution in [0.4, 0.5) is 0 Å². The van der Waals surface area contributed by atoms with Gasteiger partial charge < -0.3 is 10.2 Å². The number of fused-ring (bicyclic) bond motifs is 5. The molecule has 3 fully saturated rings. The summed E-state index contributed by atoms with van der Waals surface area (Å²) in [6.45, 7) is 14.8. The number of carboxylic acid groups (broad SMARTS) is 1. The van der Waals surface area contributed by atoms with Crippen molar-refractivity contribution in [2.24, 2.45) is 46.3 Å². The lowest BCUT2D eigenvalue weighted by molar-refractivity contribution is -0.137. The minimum absolute atomic E-state index is 0.0766. The maximum Gasteiger partial charge on any atom is 0.303 e. The second-order valence-electron chi connectivity index (χ2n) is 18.3. The van der Waals surface area contributed by atoms with Crippen LogP contribution >= 0.6 is 0 Å². The molecule has 48 heavy (non-hydrogen) atoms. The van der Waals surface area contributed by atoms with E-state index in [2.05, 4.69) is 47.6 Å². The Hall–Kier alpha value is -0.830. The number of rotatable bonds is 21. The van der Waals surface area contributed by atoms with Gasteiger partial charge >= 0.3 is 5.97 Å². The van der Waals surface area contributed by atoms with Gasteiger partial charge in [-0.3, -0.25) is 4.79 Å². The van der Waals surface area contributed by atoms with Crippen LogP contribution in [-0.2, 0) is 4.79 Å². The number of aliphatic hydroxyl groups excluding tert-OH is 1. The fraction of sp³-hybridized carbons (Fsp3) is 0.933. The molecule has 0 saturated heterocycles. The highest BCUT2D eigenvalue weighted by Crippen LogP contribution is 2.67. The highest BCUT2D eigenvalue weighted by atomic mass is 16.4. The van der Waals surface area contributed by atoms with Gasteiger partial charge in [0.05, 0.1) is 6.10 Å². The molecule has 4 rings (SSSR count). The van der Waals surface area contributed by atoms with E-state index >= 15 is 0 Å². The minimum Gasteiger partial charge on any atom is -0.481 e. The molecular formula is C45H82O3. The number of allylic oxidation sites excluding steroid dienone is 1. The number of carboxylic acids is 1. The molecule has 0 amide bonds. The number of hydrogen-bond acceptors (Lipinski definition) is 2. The smallest absolute Gasteiger partial charge is 0.303 e. The molecule has 280 valence electrons. The van der Waals surface area contributed by atoms with E-state index in [0.29, 0.717) is 17.3 Å². The molecule has 3 nitrogen and oxygen atoms in total. The summed E-state index contributed by atoms with van der Waals surface area (Å²) < 4.78 is 0. The van der Waals surface area contributed by atoms with Gasteiger partial charge in [0.15, 0.2) is 0 Å². The number of unbranched alkanes of at least 4 members (excludes halogenated alkanes) is 14. The quantitative estimate of drug-likeness (QED) is 0.0944. The average molecular weight is 671 g/mol. The molecule has 3 saturated carbocycles. The maximum absolute atomic E-state index is 10.3. The molecule has 0 aliphatic heterocycles. The highest BCUT2D eigenvalue weighted by molar-refractivity contribution is 5.66. The summed E-state index contributed by atoms with van der Waals surface area (Å²) in [4.78, 5) is 10.3. The van der Waals surface area contributed by atoms with Crippen molar-refractivity contribution in [1.29, 1.82) is 0 Å². The summed E-state index contributed by atoms with van der Waals surface area (Å²) in [6, 6.07) is 0. The number of aliphatic hydroxyl groups is 1. The topological polar surface area (TPSA) is 57.5 Å². The Morgan fingerprint density at radius 3 is 1.90 bits per heavy atom. The summed E-state index contributed by atoms with van der Waals surface area (Å²) in [5.74, 6) is 4.80. The SMILES string of the molecule is CC(C)CCC[C@@H](C)[C@H]1CC[C@H]2[C@@H]3CC=C4CC(O)CC[C@]4(C)[C@H]3CC[C@]12C.CCCCCCCCCCCCCCCCCC(=O)O. The van der Waals surface area contributed by atoms with Gasteiger partial charge in [0.1, 0.15) is 0 Å². The van der Waals surface area contributed by atoms with Gasteiger partial charge in [0.2, 0.25) is 0 Å². The zero-order chi connectivity index (χ0) is 35.0. The zero-order valence-corrected chi connectivity index (χ0v) is 33.0. The molecule has 0 radical (unpaired) electrons. The van der Waals surface area contributed by atoms with Crippen molar-refractivity contribution < 1.29 is 15.0 Å². The van der Waals surface area contributed by atoms with E-state index in [1.807, 2.05) is 0 Å². The van der Waals surface area contributed by atoms with Crippen molar-refractivity contribution >= 4 is 5.97 Å². The molecule has 3 heteroatoms. The third-order valence-electron chi connectivity index (χ3n) is 14.3. The van der Waals surface area contributed by atoms with E-state index in [0.717, 1.165) is 61.2 Å². The monoisotopic (exact) mass is 671 g/mol. The van der Waals surface area contributed by atoms with Crippen molar-refractivity contribution in [2.75, 3.05) is 0 Å². The van der Waals surface area contributed by atoms with Gasteiger partial charge in [0, 0.05) is 6.42 Å². The average Bonchev–Trinajstić information content (AvgIpc) is 3.40. The van der Waals surface area contributed by atoms with Gasteiger partial charge in [-0.25, -0.2) is 0 Å². The summed E-state index contributed by atoms with van der Waals surface area (Å²) in [7, 11) is 0. The third-order valence-corrected chi connectivity index (χ3v) is 14.3. The molecule has 4 aliphatic carbocycles. The minimum atomic E-state index is -0.653. The molecule has 0 aromatic rings. The van der Waals surface area contributed by atoms with Gasteiger partial charge in [0.25, 0.3) is 0 Å². The van der Waals surface area contributed by atoms with Gasteiger partial charge in [-0.2, -0.15) is 0 Å². The van der Waals surface area contributed by atoms with Crippen LogP contribution in [0.1, 0.15) is 215 Å². The molecule has 4 aliphatic rings. The van der Waals surface area contributed by atoms with Crippen LogP contribution in [0.15, 0.2) is 11.6 Å². The second kappa shape index (κ2) is 21.5. The molecule has 0 heterocycles. The fourth-order valence-electron chi connectivity index (χ4n) is 11.3. The Morgan fingerprint density at radius 2 is 1.33 bits per heavy atom. The van der Waals surface area contributed by atoms with Crippen LogP contribution in [0.2, 0.25) is 0 Å². The van der Waals surface area contributed by atoms with E-state index < -0.39 is 5.97 Å². The van der Waals surface area contributed by atoms with E-state index in [4.69, 9.17) is 5.11 Å². The molecule has 0 aromatic carbocycles. The first kappa shape index (κ1) is 41.6. The van der Waals surface area contributed by atoms with E-state index in [-0.39, 0.29) is 6.10 Å². The first-order valence-electron chi connectivity index (χ1n) is 21.6. The van der Waals surface area contributed by atoms with Crippen molar-refractivity contribution in [3.63, 3.8) is 0 Å². The second-order valence-corrected chi connectivity index (χ2v) is 18.3. The molecule has 2 N–H and O–H groups in total. The zero-order valence-electron chi connectivity index (χ0n) is 33.0. The van der Waals surface area contributed by atoms with Crippen LogP contribution in [-0.4, -0.2) is 22.3 Å². The molecule has 0 aromatic heterocycles. The molecule has 0 bridgehead atoms. The fourth-order valence-corrected chi connectivity index (χ4v) is 11.3. The molecular weight excluding hydrogens is 588 g/mol. The van der Waals surface area contributed by atoms with Crippen molar-refractivity contribution in [2.45, 2.75) is 221 Å². The lowest BCUT2D eigenvalue weighted by Crippen LogP contribution is -2.50. The first-order valence-corrected chi connectivity index (χ1v) is 21.6. The number of aliphatic carboxylic acids is 1. The Bertz CT molecular complexity index is 923. The summed E-state index contributed by atoms with van der Waals surface area (Å²) in [5.41, 5.74) is 2.60. The molecule has 8 atom stereocenters. The van der Waals surface area contributed by atoms with Crippen LogP contribution in [0, 0.1) is 46.3 Å². The highest BCUT2D eigenvalue weighted by Gasteiger charge is 2.59. The predicted molar refractivity (Wildman–Crippen MR) is 206 cm³/mol. The van der Waals surface area contributed by atoms with Crippen molar-refractivity contribution in [1.82, 2.24) is 0 Å². The van der Waals surface area contributed by atoms with Crippen LogP contribution in [0.5, 0.6) is 0 Å². The number of carbonyl (C=O) groups is 1. The lowest BCUT2D eigenvalue weighted by Gasteiger charge is -2.58. The Kier molecular flexibility index (Phi) is 18.6. The van der Waals surface area contributed by atoms with E-state index in [9.17, 15) is 9.90 Å². The Morgan fingerprint density at radius 1 is 0.750 bits per heavy atom. The largest absolute Gasteiger partial charge is 0.481 e. The predicted octanol–water partition coefficient (Wildman–Crippen LogP) is 13.7. The van der Waals surface area contributed by atoms with Crippen LogP contribution < -0.4 is 0 Å². The number of hydrogen-bond donors (Lipinski definition) is 2. The van der Waals surface area contributed by atoms with Crippen molar-refractivity contribution in [3.8, 4) is 0 Å². The summed E-state index contributed by atoms with van der Waals surface area (Å²) >= 11 is 0. The van der Waals surface area contributed by atoms with Gasteiger partial charge in [-0.1, -0.05) is 162 Å². The van der Waals surface area contributed by atoms with E-state index in [1.54, 1.807) is 5.57 Å². The summed E-state index contributed by atoms with van der Waals surface area (Å²) in [6.07, 6.45) is 37.4. The lowest BCUT2D eigenvalue weighted by atomic mass is 9.47.